The van der Waals surface area contributed by atoms with Crippen molar-refractivity contribution in [1.29, 1.82) is 0 Å². The highest BCUT2D eigenvalue weighted by Gasteiger charge is 2.21. The Hall–Kier alpha value is -2.60. The first-order valence-electron chi connectivity index (χ1n) is 10.5. The Morgan fingerprint density at radius 3 is 2.27 bits per heavy atom. The minimum Gasteiger partial charge on any atom is -0.342 e. The normalized spacial score (nSPS) is 14.3. The molecule has 2 aromatic carbocycles. The molecule has 0 saturated carbocycles. The van der Waals surface area contributed by atoms with E-state index in [0.29, 0.717) is 5.75 Å². The van der Waals surface area contributed by atoms with Crippen LogP contribution in [0.25, 0.3) is 17.1 Å². The first-order chi connectivity index (χ1) is 14.4. The average molecular weight is 421 g/mol. The summed E-state index contributed by atoms with van der Waals surface area (Å²) in [6.45, 7) is 8.37. The molecule has 1 saturated heterocycles. The summed E-state index contributed by atoms with van der Waals surface area (Å²) >= 11 is 1.46. The molecule has 4 rings (SSSR count). The van der Waals surface area contributed by atoms with Crippen LogP contribution in [0.5, 0.6) is 0 Å². The van der Waals surface area contributed by atoms with Crippen LogP contribution in [0.15, 0.2) is 59.8 Å². The first kappa shape index (κ1) is 20.7. The summed E-state index contributed by atoms with van der Waals surface area (Å²) < 4.78 is 2.05. The van der Waals surface area contributed by atoms with Crippen LogP contribution < -0.4 is 0 Å². The second kappa shape index (κ2) is 8.64. The predicted molar refractivity (Wildman–Crippen MR) is 122 cm³/mol. The van der Waals surface area contributed by atoms with E-state index in [1.165, 1.54) is 17.3 Å². The van der Waals surface area contributed by atoms with Gasteiger partial charge < -0.3 is 4.90 Å². The van der Waals surface area contributed by atoms with Crippen LogP contribution in [0.4, 0.5) is 0 Å². The lowest BCUT2D eigenvalue weighted by Crippen LogP contribution is -2.29. The molecule has 3 aromatic rings. The molecule has 5 nitrogen and oxygen atoms in total. The molecule has 30 heavy (non-hydrogen) atoms. The zero-order chi connectivity index (χ0) is 21.1. The van der Waals surface area contributed by atoms with E-state index in [0.717, 1.165) is 48.2 Å². The highest BCUT2D eigenvalue weighted by molar-refractivity contribution is 7.99. The third-order valence-corrected chi connectivity index (χ3v) is 6.35. The molecule has 0 atom stereocenters. The third-order valence-electron chi connectivity index (χ3n) is 5.44. The molecule has 0 spiro atoms. The Bertz CT molecular complexity index is 1000. The highest BCUT2D eigenvalue weighted by Crippen LogP contribution is 2.30. The Morgan fingerprint density at radius 2 is 1.63 bits per heavy atom. The molecule has 156 valence electrons. The first-order valence-corrected chi connectivity index (χ1v) is 11.4. The van der Waals surface area contributed by atoms with E-state index in [-0.39, 0.29) is 11.3 Å². The molecule has 1 amide bonds. The molecule has 0 radical (unpaired) electrons. The molecular weight excluding hydrogens is 392 g/mol. The maximum Gasteiger partial charge on any atom is 0.233 e. The second-order valence-electron chi connectivity index (χ2n) is 8.68. The summed E-state index contributed by atoms with van der Waals surface area (Å²) in [4.78, 5) is 14.5. The monoisotopic (exact) mass is 420 g/mol. The molecule has 0 bridgehead atoms. The lowest BCUT2D eigenvalue weighted by molar-refractivity contribution is -0.127. The van der Waals surface area contributed by atoms with Crippen molar-refractivity contribution in [2.24, 2.45) is 0 Å². The van der Waals surface area contributed by atoms with Crippen LogP contribution in [-0.2, 0) is 10.2 Å². The summed E-state index contributed by atoms with van der Waals surface area (Å²) in [5, 5.41) is 9.68. The minimum absolute atomic E-state index is 0.0998. The van der Waals surface area contributed by atoms with Gasteiger partial charge in [-0.05, 0) is 36.0 Å². The van der Waals surface area contributed by atoms with E-state index in [1.807, 2.05) is 39.8 Å². The van der Waals surface area contributed by atoms with Crippen molar-refractivity contribution in [3.63, 3.8) is 0 Å². The maximum atomic E-state index is 12.5. The summed E-state index contributed by atoms with van der Waals surface area (Å²) in [6, 6.07) is 18.6. The maximum absolute atomic E-state index is 12.5. The average Bonchev–Trinajstić information content (AvgIpc) is 3.42. The molecule has 1 aliphatic rings. The van der Waals surface area contributed by atoms with Crippen LogP contribution in [0.3, 0.4) is 0 Å². The summed E-state index contributed by atoms with van der Waals surface area (Å²) in [5.41, 5.74) is 3.39. The van der Waals surface area contributed by atoms with Crippen molar-refractivity contribution in [2.75, 3.05) is 18.8 Å². The van der Waals surface area contributed by atoms with Crippen LogP contribution in [-0.4, -0.2) is 44.4 Å². The smallest absolute Gasteiger partial charge is 0.233 e. The largest absolute Gasteiger partial charge is 0.342 e. The number of likely N-dealkylation sites (tertiary alicyclic amines) is 1. The van der Waals surface area contributed by atoms with Gasteiger partial charge in [0.2, 0.25) is 5.91 Å². The quantitative estimate of drug-likeness (QED) is 0.548. The number of benzene rings is 2. The van der Waals surface area contributed by atoms with Gasteiger partial charge in [0.25, 0.3) is 0 Å². The number of carbonyl (C=O) groups is 1. The van der Waals surface area contributed by atoms with Crippen molar-refractivity contribution in [3.8, 4) is 17.1 Å². The number of carbonyl (C=O) groups excluding carboxylic acids is 1. The van der Waals surface area contributed by atoms with E-state index in [9.17, 15) is 4.79 Å². The second-order valence-corrected chi connectivity index (χ2v) is 9.62. The third kappa shape index (κ3) is 4.43. The fourth-order valence-electron chi connectivity index (χ4n) is 3.66. The molecule has 2 heterocycles. The molecular formula is C24H28N4OS. The topological polar surface area (TPSA) is 51.0 Å². The van der Waals surface area contributed by atoms with E-state index in [4.69, 9.17) is 0 Å². The van der Waals surface area contributed by atoms with Crippen molar-refractivity contribution in [2.45, 2.75) is 44.2 Å². The van der Waals surface area contributed by atoms with Gasteiger partial charge in [-0.1, -0.05) is 75.0 Å². The van der Waals surface area contributed by atoms with Crippen molar-refractivity contribution in [3.05, 3.63) is 60.2 Å². The zero-order valence-corrected chi connectivity index (χ0v) is 18.7. The van der Waals surface area contributed by atoms with E-state index >= 15 is 0 Å². The van der Waals surface area contributed by atoms with Gasteiger partial charge in [0, 0.05) is 24.3 Å². The Kier molecular flexibility index (Phi) is 5.95. The molecule has 1 aromatic heterocycles. The van der Waals surface area contributed by atoms with Gasteiger partial charge in [0.15, 0.2) is 11.0 Å². The van der Waals surface area contributed by atoms with Gasteiger partial charge in [-0.3, -0.25) is 9.36 Å². The molecule has 1 aliphatic heterocycles. The number of thioether (sulfide) groups is 1. The van der Waals surface area contributed by atoms with Crippen LogP contribution in [0.1, 0.15) is 39.2 Å². The predicted octanol–water partition coefficient (Wildman–Crippen LogP) is 4.95. The standard InChI is InChI=1S/C24H28N4OS/c1-24(2,3)19-13-11-18(12-14-19)22-25-26-23(28(22)20-9-5-4-6-10-20)30-17-21(29)27-15-7-8-16-27/h4-6,9-14H,7-8,15-17H2,1-3H3. The van der Waals surface area contributed by atoms with Crippen LogP contribution >= 0.6 is 11.8 Å². The fourth-order valence-corrected chi connectivity index (χ4v) is 4.52. The van der Waals surface area contributed by atoms with Crippen molar-refractivity contribution in [1.82, 2.24) is 19.7 Å². The van der Waals surface area contributed by atoms with Gasteiger partial charge >= 0.3 is 0 Å². The van der Waals surface area contributed by atoms with E-state index in [1.54, 1.807) is 0 Å². The van der Waals surface area contributed by atoms with Gasteiger partial charge in [-0.25, -0.2) is 0 Å². The lowest BCUT2D eigenvalue weighted by Gasteiger charge is -2.19. The number of hydrogen-bond acceptors (Lipinski definition) is 4. The Morgan fingerprint density at radius 1 is 0.967 bits per heavy atom. The van der Waals surface area contributed by atoms with Crippen LogP contribution in [0, 0.1) is 0 Å². The Balaban J connectivity index is 1.65. The summed E-state index contributed by atoms with van der Waals surface area (Å²) in [6.07, 6.45) is 2.20. The number of hydrogen-bond donors (Lipinski definition) is 0. The van der Waals surface area contributed by atoms with Crippen molar-refractivity contribution < 1.29 is 4.79 Å². The molecule has 6 heteroatoms. The number of para-hydroxylation sites is 1. The van der Waals surface area contributed by atoms with Crippen molar-refractivity contribution >= 4 is 17.7 Å². The van der Waals surface area contributed by atoms with Gasteiger partial charge in [-0.2, -0.15) is 0 Å². The zero-order valence-electron chi connectivity index (χ0n) is 17.8. The molecule has 0 N–H and O–H groups in total. The SMILES string of the molecule is CC(C)(C)c1ccc(-c2nnc(SCC(=O)N3CCCC3)n2-c2ccccc2)cc1. The van der Waals surface area contributed by atoms with Gasteiger partial charge in [0.05, 0.1) is 5.75 Å². The van der Waals surface area contributed by atoms with E-state index < -0.39 is 0 Å². The van der Waals surface area contributed by atoms with Crippen LogP contribution in [0.2, 0.25) is 0 Å². The molecule has 1 fully saturated rings. The van der Waals surface area contributed by atoms with Gasteiger partial charge in [0.1, 0.15) is 0 Å². The highest BCUT2D eigenvalue weighted by atomic mass is 32.2. The van der Waals surface area contributed by atoms with E-state index in [2.05, 4.69) is 55.2 Å². The fraction of sp³-hybridized carbons (Fsp3) is 0.375. The number of nitrogens with zero attached hydrogens (tertiary/aromatic N) is 4. The number of aromatic nitrogens is 3. The summed E-state index contributed by atoms with van der Waals surface area (Å²) in [7, 11) is 0. The summed E-state index contributed by atoms with van der Waals surface area (Å²) in [5.74, 6) is 1.35. The number of rotatable bonds is 5. The molecule has 0 unspecified atom stereocenters. The van der Waals surface area contributed by atoms with Gasteiger partial charge in [-0.15, -0.1) is 10.2 Å². The Labute approximate surface area is 182 Å². The molecule has 0 aliphatic carbocycles. The minimum atomic E-state index is 0.0998. The number of amides is 1. The lowest BCUT2D eigenvalue weighted by atomic mass is 9.87.